The first kappa shape index (κ1) is 12.6. The number of halogens is 1. The summed E-state index contributed by atoms with van der Waals surface area (Å²) in [5, 5.41) is 6.59. The highest BCUT2D eigenvalue weighted by atomic mass is 19.1. The van der Waals surface area contributed by atoms with Crippen molar-refractivity contribution in [1.82, 2.24) is 10.6 Å². The Balaban J connectivity index is 1.67. The van der Waals surface area contributed by atoms with Crippen molar-refractivity contribution in [3.63, 3.8) is 0 Å². The van der Waals surface area contributed by atoms with E-state index in [4.69, 9.17) is 0 Å². The lowest BCUT2D eigenvalue weighted by Crippen LogP contribution is -2.48. The largest absolute Gasteiger partial charge is 0.349 e. The molecule has 2 heterocycles. The lowest BCUT2D eigenvalue weighted by Gasteiger charge is -2.29. The molecular weight excluding hydrogens is 243 g/mol. The molecule has 1 amide bonds. The second kappa shape index (κ2) is 4.93. The Hall–Kier alpha value is -1.42. The fourth-order valence-electron chi connectivity index (χ4n) is 3.31. The standard InChI is InChI=1S/C15H19FN2O/c1-9-4-10(6-11(16)5-9)15(19)18-14-7-12-2-3-13(8-14)17-12/h4-6,12-14,17H,2-3,7-8H2,1H3,(H,18,19). The van der Waals surface area contributed by atoms with E-state index in [2.05, 4.69) is 10.6 Å². The van der Waals surface area contributed by atoms with Gasteiger partial charge in [-0.1, -0.05) is 0 Å². The SMILES string of the molecule is Cc1cc(F)cc(C(=O)NC2CC3CCC(C2)N3)c1. The van der Waals surface area contributed by atoms with Gasteiger partial charge in [-0.15, -0.1) is 0 Å². The van der Waals surface area contributed by atoms with E-state index in [1.54, 1.807) is 13.0 Å². The average molecular weight is 262 g/mol. The molecule has 0 aliphatic carbocycles. The summed E-state index contributed by atoms with van der Waals surface area (Å²) in [4.78, 5) is 12.2. The summed E-state index contributed by atoms with van der Waals surface area (Å²) in [5.74, 6) is -0.510. The van der Waals surface area contributed by atoms with Crippen molar-refractivity contribution in [1.29, 1.82) is 0 Å². The minimum atomic E-state index is -0.351. The lowest BCUT2D eigenvalue weighted by molar-refractivity contribution is 0.0923. The van der Waals surface area contributed by atoms with Crippen molar-refractivity contribution in [2.45, 2.75) is 50.7 Å². The van der Waals surface area contributed by atoms with Gasteiger partial charge in [-0.25, -0.2) is 4.39 Å². The molecule has 0 radical (unpaired) electrons. The number of fused-ring (bicyclic) bond motifs is 2. The van der Waals surface area contributed by atoms with Gasteiger partial charge in [-0.05, 0) is 56.4 Å². The van der Waals surface area contributed by atoms with E-state index in [0.29, 0.717) is 17.6 Å². The zero-order valence-electron chi connectivity index (χ0n) is 11.1. The van der Waals surface area contributed by atoms with Crippen LogP contribution in [0.5, 0.6) is 0 Å². The zero-order chi connectivity index (χ0) is 13.4. The molecule has 0 spiro atoms. The van der Waals surface area contributed by atoms with Crippen molar-refractivity contribution in [3.05, 3.63) is 35.1 Å². The number of rotatable bonds is 2. The molecule has 2 N–H and O–H groups in total. The number of benzene rings is 1. The highest BCUT2D eigenvalue weighted by Gasteiger charge is 2.34. The highest BCUT2D eigenvalue weighted by Crippen LogP contribution is 2.26. The zero-order valence-corrected chi connectivity index (χ0v) is 11.1. The Kier molecular flexibility index (Phi) is 3.27. The molecule has 2 unspecified atom stereocenters. The number of carbonyl (C=O) groups excluding carboxylic acids is 1. The molecule has 2 fully saturated rings. The van der Waals surface area contributed by atoms with Gasteiger partial charge in [0.05, 0.1) is 0 Å². The highest BCUT2D eigenvalue weighted by molar-refractivity contribution is 5.94. The quantitative estimate of drug-likeness (QED) is 0.857. The van der Waals surface area contributed by atoms with Crippen LogP contribution in [-0.4, -0.2) is 24.0 Å². The minimum Gasteiger partial charge on any atom is -0.349 e. The number of aryl methyl sites for hydroxylation is 1. The average Bonchev–Trinajstić information content (AvgIpc) is 2.67. The van der Waals surface area contributed by atoms with Gasteiger partial charge in [0.15, 0.2) is 0 Å². The van der Waals surface area contributed by atoms with Gasteiger partial charge >= 0.3 is 0 Å². The van der Waals surface area contributed by atoms with E-state index >= 15 is 0 Å². The van der Waals surface area contributed by atoms with Gasteiger partial charge in [0, 0.05) is 23.7 Å². The smallest absolute Gasteiger partial charge is 0.251 e. The molecule has 0 aromatic heterocycles. The Morgan fingerprint density at radius 2 is 1.95 bits per heavy atom. The van der Waals surface area contributed by atoms with Crippen LogP contribution in [0.4, 0.5) is 4.39 Å². The van der Waals surface area contributed by atoms with E-state index in [0.717, 1.165) is 18.4 Å². The first-order valence-electron chi connectivity index (χ1n) is 6.94. The predicted octanol–water partition coefficient (Wildman–Crippen LogP) is 2.15. The summed E-state index contributed by atoms with van der Waals surface area (Å²) in [5.41, 5.74) is 1.19. The molecule has 1 aromatic carbocycles. The van der Waals surface area contributed by atoms with Crippen LogP contribution in [0.2, 0.25) is 0 Å². The Morgan fingerprint density at radius 3 is 2.58 bits per heavy atom. The third-order valence-corrected chi connectivity index (χ3v) is 4.11. The first-order valence-corrected chi connectivity index (χ1v) is 6.94. The van der Waals surface area contributed by atoms with Gasteiger partial charge in [0.1, 0.15) is 5.82 Å². The lowest BCUT2D eigenvalue weighted by atomic mass is 9.99. The number of hydrogen-bond acceptors (Lipinski definition) is 2. The molecule has 3 rings (SSSR count). The van der Waals surface area contributed by atoms with E-state index in [-0.39, 0.29) is 17.8 Å². The van der Waals surface area contributed by atoms with Crippen LogP contribution in [-0.2, 0) is 0 Å². The number of piperidine rings is 1. The van der Waals surface area contributed by atoms with Crippen molar-refractivity contribution in [2.24, 2.45) is 0 Å². The second-order valence-electron chi connectivity index (χ2n) is 5.80. The molecule has 19 heavy (non-hydrogen) atoms. The number of hydrogen-bond donors (Lipinski definition) is 2. The van der Waals surface area contributed by atoms with Crippen molar-refractivity contribution in [3.8, 4) is 0 Å². The third-order valence-electron chi connectivity index (χ3n) is 4.11. The number of nitrogens with one attached hydrogen (secondary N) is 2. The molecule has 2 aliphatic heterocycles. The third kappa shape index (κ3) is 2.78. The Bertz CT molecular complexity index is 471. The molecule has 102 valence electrons. The van der Waals surface area contributed by atoms with Crippen LogP contribution in [0, 0.1) is 12.7 Å². The maximum absolute atomic E-state index is 13.3. The fraction of sp³-hybridized carbons (Fsp3) is 0.533. The van der Waals surface area contributed by atoms with Crippen molar-refractivity contribution < 1.29 is 9.18 Å². The summed E-state index contributed by atoms with van der Waals surface area (Å²) in [6.45, 7) is 1.80. The van der Waals surface area contributed by atoms with Crippen LogP contribution in [0.15, 0.2) is 18.2 Å². The molecule has 0 saturated carbocycles. The summed E-state index contributed by atoms with van der Waals surface area (Å²) >= 11 is 0. The van der Waals surface area contributed by atoms with Gasteiger partial charge in [0.25, 0.3) is 5.91 Å². The van der Waals surface area contributed by atoms with E-state index < -0.39 is 0 Å². The van der Waals surface area contributed by atoms with Crippen molar-refractivity contribution >= 4 is 5.91 Å². The van der Waals surface area contributed by atoms with Gasteiger partial charge in [0.2, 0.25) is 0 Å². The first-order chi connectivity index (χ1) is 9.10. The van der Waals surface area contributed by atoms with Crippen LogP contribution in [0.25, 0.3) is 0 Å². The Morgan fingerprint density at radius 1 is 1.26 bits per heavy atom. The predicted molar refractivity (Wildman–Crippen MR) is 71.6 cm³/mol. The maximum Gasteiger partial charge on any atom is 0.251 e. The van der Waals surface area contributed by atoms with E-state index in [1.165, 1.54) is 25.0 Å². The van der Waals surface area contributed by atoms with E-state index in [9.17, 15) is 9.18 Å². The summed E-state index contributed by atoms with van der Waals surface area (Å²) in [6, 6.07) is 5.76. The van der Waals surface area contributed by atoms with Crippen LogP contribution < -0.4 is 10.6 Å². The summed E-state index contributed by atoms with van der Waals surface area (Å²) < 4.78 is 13.3. The molecule has 2 aliphatic rings. The monoisotopic (exact) mass is 262 g/mol. The van der Waals surface area contributed by atoms with Crippen LogP contribution >= 0.6 is 0 Å². The molecule has 2 atom stereocenters. The molecule has 4 heteroatoms. The maximum atomic E-state index is 13.3. The van der Waals surface area contributed by atoms with Gasteiger partial charge < -0.3 is 10.6 Å². The van der Waals surface area contributed by atoms with Crippen molar-refractivity contribution in [2.75, 3.05) is 0 Å². The summed E-state index contributed by atoms with van der Waals surface area (Å²) in [7, 11) is 0. The van der Waals surface area contributed by atoms with Crippen LogP contribution in [0.3, 0.4) is 0 Å². The topological polar surface area (TPSA) is 41.1 Å². The number of carbonyl (C=O) groups is 1. The minimum absolute atomic E-state index is 0.158. The second-order valence-corrected chi connectivity index (χ2v) is 5.80. The normalized spacial score (nSPS) is 29.3. The molecular formula is C15H19FN2O. The van der Waals surface area contributed by atoms with E-state index in [1.807, 2.05) is 0 Å². The van der Waals surface area contributed by atoms with Crippen LogP contribution in [0.1, 0.15) is 41.6 Å². The summed E-state index contributed by atoms with van der Waals surface area (Å²) in [6.07, 6.45) is 4.37. The molecule has 2 bridgehead atoms. The Labute approximate surface area is 112 Å². The molecule has 1 aromatic rings. The fourth-order valence-corrected chi connectivity index (χ4v) is 3.31. The van der Waals surface area contributed by atoms with Gasteiger partial charge in [-0.3, -0.25) is 4.79 Å². The van der Waals surface area contributed by atoms with Gasteiger partial charge in [-0.2, -0.15) is 0 Å². The molecule has 3 nitrogen and oxygen atoms in total. The molecule has 2 saturated heterocycles. The number of amides is 1.